The summed E-state index contributed by atoms with van der Waals surface area (Å²) in [6.07, 6.45) is 0.829. The smallest absolute Gasteiger partial charge is 0.231 e. The number of aromatic nitrogens is 1. The summed E-state index contributed by atoms with van der Waals surface area (Å²) in [5, 5.41) is 1.09. The van der Waals surface area contributed by atoms with E-state index in [2.05, 4.69) is 11.9 Å². The van der Waals surface area contributed by atoms with Crippen LogP contribution in [-0.2, 0) is 6.42 Å². The highest BCUT2D eigenvalue weighted by Gasteiger charge is 2.16. The Hall–Kier alpha value is -1.59. The fourth-order valence-corrected chi connectivity index (χ4v) is 2.96. The van der Waals surface area contributed by atoms with Gasteiger partial charge in [0.05, 0.1) is 10.7 Å². The van der Waals surface area contributed by atoms with E-state index in [0.717, 1.165) is 34.2 Å². The number of ether oxygens (including phenoxy) is 2. The number of fused-ring (bicyclic) bond motifs is 1. The molecule has 0 spiro atoms. The molecule has 18 heavy (non-hydrogen) atoms. The maximum atomic E-state index is 5.56. The summed E-state index contributed by atoms with van der Waals surface area (Å²) in [6, 6.07) is 5.93. The zero-order chi connectivity index (χ0) is 12.5. The van der Waals surface area contributed by atoms with Gasteiger partial charge in [0.1, 0.15) is 0 Å². The lowest BCUT2D eigenvalue weighted by molar-refractivity contribution is 0.174. The number of hydrogen-bond donors (Lipinski definition) is 1. The Morgan fingerprint density at radius 1 is 1.33 bits per heavy atom. The van der Waals surface area contributed by atoms with Gasteiger partial charge in [-0.1, -0.05) is 0 Å². The lowest BCUT2D eigenvalue weighted by atomic mass is 10.1. The van der Waals surface area contributed by atoms with E-state index < -0.39 is 0 Å². The first-order valence-electron chi connectivity index (χ1n) is 5.84. The molecule has 4 nitrogen and oxygen atoms in total. The number of thiazole rings is 1. The van der Waals surface area contributed by atoms with E-state index in [1.807, 2.05) is 18.2 Å². The maximum absolute atomic E-state index is 5.56. The Bertz CT molecular complexity index is 580. The van der Waals surface area contributed by atoms with Gasteiger partial charge < -0.3 is 15.2 Å². The minimum atomic E-state index is 0.299. The number of aryl methyl sites for hydroxylation is 1. The zero-order valence-corrected chi connectivity index (χ0v) is 10.9. The number of benzene rings is 1. The first kappa shape index (κ1) is 11.5. The second-order valence-corrected chi connectivity index (χ2v) is 5.41. The molecule has 0 saturated heterocycles. The van der Waals surface area contributed by atoms with E-state index in [1.165, 1.54) is 4.88 Å². The maximum Gasteiger partial charge on any atom is 0.231 e. The molecule has 1 aliphatic rings. The topological polar surface area (TPSA) is 57.4 Å². The van der Waals surface area contributed by atoms with Crippen molar-refractivity contribution in [1.82, 2.24) is 4.98 Å². The van der Waals surface area contributed by atoms with Gasteiger partial charge in [-0.2, -0.15) is 0 Å². The molecule has 0 fully saturated rings. The van der Waals surface area contributed by atoms with Gasteiger partial charge in [0, 0.05) is 16.9 Å². The summed E-state index contributed by atoms with van der Waals surface area (Å²) >= 11 is 1.70. The first-order chi connectivity index (χ1) is 8.78. The lowest BCUT2D eigenvalue weighted by Gasteiger charge is -2.01. The van der Waals surface area contributed by atoms with Gasteiger partial charge in [0.15, 0.2) is 11.5 Å². The fourth-order valence-electron chi connectivity index (χ4n) is 1.99. The molecule has 0 saturated carbocycles. The standard InChI is InChI=1S/C13H14N2O2S/c1-8-13(15-12(18-8)4-5-14)9-2-3-10-11(6-9)17-7-16-10/h2-3,6H,4-5,7,14H2,1H3. The largest absolute Gasteiger partial charge is 0.454 e. The summed E-state index contributed by atoms with van der Waals surface area (Å²) < 4.78 is 10.7. The molecule has 1 aromatic carbocycles. The van der Waals surface area contributed by atoms with Crippen molar-refractivity contribution in [3.8, 4) is 22.8 Å². The number of nitrogens with zero attached hydrogens (tertiary/aromatic N) is 1. The van der Waals surface area contributed by atoms with Crippen LogP contribution in [0.1, 0.15) is 9.88 Å². The Labute approximate surface area is 109 Å². The van der Waals surface area contributed by atoms with Crippen molar-refractivity contribution >= 4 is 11.3 Å². The van der Waals surface area contributed by atoms with Crippen molar-refractivity contribution in [3.63, 3.8) is 0 Å². The van der Waals surface area contributed by atoms with Crippen molar-refractivity contribution < 1.29 is 9.47 Å². The quantitative estimate of drug-likeness (QED) is 0.922. The number of nitrogens with two attached hydrogens (primary N) is 1. The lowest BCUT2D eigenvalue weighted by Crippen LogP contribution is -2.01. The van der Waals surface area contributed by atoms with Crippen LogP contribution in [0.15, 0.2) is 18.2 Å². The van der Waals surface area contributed by atoms with Gasteiger partial charge >= 0.3 is 0 Å². The van der Waals surface area contributed by atoms with E-state index >= 15 is 0 Å². The van der Waals surface area contributed by atoms with Crippen LogP contribution in [-0.4, -0.2) is 18.3 Å². The van der Waals surface area contributed by atoms with Gasteiger partial charge in [0.2, 0.25) is 6.79 Å². The van der Waals surface area contributed by atoms with Crippen LogP contribution in [0.3, 0.4) is 0 Å². The Kier molecular flexibility index (Phi) is 2.93. The first-order valence-corrected chi connectivity index (χ1v) is 6.66. The molecule has 0 radical (unpaired) electrons. The van der Waals surface area contributed by atoms with Crippen LogP contribution in [0, 0.1) is 6.92 Å². The Morgan fingerprint density at radius 2 is 2.17 bits per heavy atom. The molecule has 0 aliphatic carbocycles. The second kappa shape index (κ2) is 4.59. The van der Waals surface area contributed by atoms with Crippen LogP contribution in [0.5, 0.6) is 11.5 Å². The minimum absolute atomic E-state index is 0.299. The predicted octanol–water partition coefficient (Wildman–Crippen LogP) is 2.35. The van der Waals surface area contributed by atoms with E-state index in [1.54, 1.807) is 11.3 Å². The highest BCUT2D eigenvalue weighted by Crippen LogP contribution is 2.37. The van der Waals surface area contributed by atoms with Gasteiger partial charge in [-0.05, 0) is 31.7 Å². The number of rotatable bonds is 3. The molecule has 2 heterocycles. The van der Waals surface area contributed by atoms with Crippen molar-refractivity contribution in [2.24, 2.45) is 5.73 Å². The molecule has 0 amide bonds. The van der Waals surface area contributed by atoms with Crippen LogP contribution in [0.25, 0.3) is 11.3 Å². The molecular formula is C13H14N2O2S. The Balaban J connectivity index is 1.99. The zero-order valence-electron chi connectivity index (χ0n) is 10.1. The van der Waals surface area contributed by atoms with Crippen molar-refractivity contribution in [3.05, 3.63) is 28.1 Å². The van der Waals surface area contributed by atoms with Gasteiger partial charge in [-0.15, -0.1) is 11.3 Å². The third-order valence-electron chi connectivity index (χ3n) is 2.85. The molecule has 1 aliphatic heterocycles. The van der Waals surface area contributed by atoms with Crippen molar-refractivity contribution in [2.75, 3.05) is 13.3 Å². The van der Waals surface area contributed by atoms with E-state index in [0.29, 0.717) is 13.3 Å². The van der Waals surface area contributed by atoms with E-state index in [-0.39, 0.29) is 0 Å². The van der Waals surface area contributed by atoms with Crippen LogP contribution < -0.4 is 15.2 Å². The highest BCUT2D eigenvalue weighted by atomic mass is 32.1. The normalized spacial score (nSPS) is 13.0. The van der Waals surface area contributed by atoms with Gasteiger partial charge in [-0.3, -0.25) is 0 Å². The minimum Gasteiger partial charge on any atom is -0.454 e. The fraction of sp³-hybridized carbons (Fsp3) is 0.308. The molecule has 0 atom stereocenters. The Morgan fingerprint density at radius 3 is 3.00 bits per heavy atom. The third-order valence-corrected chi connectivity index (χ3v) is 3.88. The number of hydrogen-bond acceptors (Lipinski definition) is 5. The molecule has 2 N–H and O–H groups in total. The van der Waals surface area contributed by atoms with Gasteiger partial charge in [-0.25, -0.2) is 4.98 Å². The average molecular weight is 262 g/mol. The molecule has 2 aromatic rings. The molecule has 1 aromatic heterocycles. The summed E-state index contributed by atoms with van der Waals surface area (Å²) in [4.78, 5) is 5.84. The molecular weight excluding hydrogens is 248 g/mol. The third kappa shape index (κ3) is 1.95. The van der Waals surface area contributed by atoms with E-state index in [9.17, 15) is 0 Å². The van der Waals surface area contributed by atoms with Gasteiger partial charge in [0.25, 0.3) is 0 Å². The van der Waals surface area contributed by atoms with Crippen molar-refractivity contribution in [2.45, 2.75) is 13.3 Å². The predicted molar refractivity (Wildman–Crippen MR) is 71.2 cm³/mol. The highest BCUT2D eigenvalue weighted by molar-refractivity contribution is 7.12. The molecule has 3 rings (SSSR count). The van der Waals surface area contributed by atoms with E-state index in [4.69, 9.17) is 15.2 Å². The SMILES string of the molecule is Cc1sc(CCN)nc1-c1ccc2c(c1)OCO2. The van der Waals surface area contributed by atoms with Crippen LogP contribution in [0.2, 0.25) is 0 Å². The van der Waals surface area contributed by atoms with Crippen molar-refractivity contribution in [1.29, 1.82) is 0 Å². The summed E-state index contributed by atoms with van der Waals surface area (Å²) in [7, 11) is 0. The monoisotopic (exact) mass is 262 g/mol. The summed E-state index contributed by atoms with van der Waals surface area (Å²) in [5.41, 5.74) is 7.64. The molecule has 94 valence electrons. The molecule has 0 bridgehead atoms. The summed E-state index contributed by atoms with van der Waals surface area (Å²) in [6.45, 7) is 3.01. The van der Waals surface area contributed by atoms with Crippen LogP contribution >= 0.6 is 11.3 Å². The second-order valence-electron chi connectivity index (χ2n) is 4.12. The molecule has 0 unspecified atom stereocenters. The van der Waals surface area contributed by atoms with Crippen LogP contribution in [0.4, 0.5) is 0 Å². The average Bonchev–Trinajstić information content (AvgIpc) is 2.95. The molecule has 5 heteroatoms. The summed E-state index contributed by atoms with van der Waals surface area (Å²) in [5.74, 6) is 1.59.